The Kier molecular flexibility index (Phi) is 14.9. The van der Waals surface area contributed by atoms with Crippen LogP contribution in [0.3, 0.4) is 0 Å². The lowest BCUT2D eigenvalue weighted by molar-refractivity contribution is -0.289. The summed E-state index contributed by atoms with van der Waals surface area (Å²) < 4.78 is 32.7. The van der Waals surface area contributed by atoms with Crippen LogP contribution < -0.4 is 47.1 Å². The summed E-state index contributed by atoms with van der Waals surface area (Å²) in [4.78, 5) is 56.8. The van der Waals surface area contributed by atoms with Crippen LogP contribution in [0.4, 0.5) is 5.69 Å². The Morgan fingerprint density at radius 2 is 1.81 bits per heavy atom. The summed E-state index contributed by atoms with van der Waals surface area (Å²) in [5.74, 6) is -2.96. The van der Waals surface area contributed by atoms with E-state index in [2.05, 4.69) is 21.3 Å². The van der Waals surface area contributed by atoms with Crippen molar-refractivity contribution in [1.29, 1.82) is 0 Å². The molecule has 3 saturated heterocycles. The van der Waals surface area contributed by atoms with Gasteiger partial charge in [0.1, 0.15) is 55.8 Å². The number of aliphatic hydroxyl groups is 5. The largest absolute Gasteiger partial charge is 0.486 e. The van der Waals surface area contributed by atoms with E-state index in [0.717, 1.165) is 5.57 Å². The average Bonchev–Trinajstić information content (AvgIpc) is 3.77. The van der Waals surface area contributed by atoms with E-state index in [9.17, 15) is 39.9 Å². The molecule has 5 heterocycles. The Morgan fingerprint density at radius 3 is 2.60 bits per heavy atom. The van der Waals surface area contributed by atoms with E-state index in [1.807, 2.05) is 35.2 Å². The standard InChI is InChI=1S/C49H59N7O14/c50-35-17-24(9-12-52-35)11-15-67-45-42(64)41(63)34-22-66-20-26(4-3-13-57)36(29-5-1-2-6-33(29)56-23-53-38-46(56)54-49(51)55-47(38)65)32-18-31-37(40(62)30-16-25(19-59)7-8-28(30)39(31)61)44(43(32)70-48(45)69-34)68-21-27(60)10-14-58/h1-2,5-9,14,16-18,26-27,34,36,38,41-42,45-46,48-49,52-54,57,59-60,63-64H,3-4,10-13,15,19-23,50-51H2,(H,55,65). The number of nitrogens with one attached hydrogen (secondary N) is 4. The molecule has 1 aliphatic carbocycles. The number of carbonyl (C=O) groups excluding carboxylic acids is 4. The molecule has 0 saturated carbocycles. The molecule has 0 aromatic heterocycles. The van der Waals surface area contributed by atoms with E-state index in [0.29, 0.717) is 48.3 Å². The second-order valence-corrected chi connectivity index (χ2v) is 18.2. The average molecular weight is 970 g/mol. The van der Waals surface area contributed by atoms with Crippen LogP contribution in [0.5, 0.6) is 11.5 Å². The van der Waals surface area contributed by atoms with Gasteiger partial charge in [-0.2, -0.15) is 0 Å². The van der Waals surface area contributed by atoms with Gasteiger partial charge >= 0.3 is 0 Å². The molecular weight excluding hydrogens is 911 g/mol. The normalized spacial score (nSPS) is 28.8. The fourth-order valence-electron chi connectivity index (χ4n) is 10.2. The van der Waals surface area contributed by atoms with E-state index >= 15 is 4.79 Å². The monoisotopic (exact) mass is 969 g/mol. The van der Waals surface area contributed by atoms with Crippen LogP contribution in [0.1, 0.15) is 80.1 Å². The van der Waals surface area contributed by atoms with Crippen molar-refractivity contribution in [3.05, 3.63) is 111 Å². The zero-order valence-electron chi connectivity index (χ0n) is 38.2. The van der Waals surface area contributed by atoms with Gasteiger partial charge in [-0.3, -0.25) is 30.8 Å². The number of anilines is 1. The molecule has 3 aromatic carbocycles. The molecule has 374 valence electrons. The van der Waals surface area contributed by atoms with Crippen LogP contribution in [-0.2, 0) is 30.4 Å². The van der Waals surface area contributed by atoms with Gasteiger partial charge in [-0.25, -0.2) is 0 Å². The SMILES string of the molecule is NC1=CC(CCOC2C3Oc4c(cc5c(c4OCC(O)CC=O)C(=O)c4cc(CO)ccc4C5=O)C(c4ccccc4N4CNC5C(=O)NC(N)NC54)C(CCCO)COCC(O3)C(O)C2O)=CCN1. The van der Waals surface area contributed by atoms with Crippen molar-refractivity contribution in [1.82, 2.24) is 21.3 Å². The first-order valence-corrected chi connectivity index (χ1v) is 23.5. The quantitative estimate of drug-likeness (QED) is 0.0623. The van der Waals surface area contributed by atoms with E-state index in [1.165, 1.54) is 12.1 Å². The number of nitrogens with two attached hydrogens (primary N) is 2. The van der Waals surface area contributed by atoms with Crippen LogP contribution in [-0.4, -0.2) is 151 Å². The maximum Gasteiger partial charge on any atom is 0.242 e. The molecule has 2 bridgehead atoms. The molecular formula is C49H59N7O14. The molecule has 6 aliphatic rings. The number of aliphatic hydroxyl groups excluding tert-OH is 5. The van der Waals surface area contributed by atoms with Crippen molar-refractivity contribution in [2.75, 3.05) is 51.1 Å². The minimum atomic E-state index is -1.62. The van der Waals surface area contributed by atoms with E-state index in [4.69, 9.17) is 35.2 Å². The van der Waals surface area contributed by atoms with Gasteiger partial charge in [0, 0.05) is 53.4 Å². The summed E-state index contributed by atoms with van der Waals surface area (Å²) in [5, 5.41) is 67.2. The summed E-state index contributed by atoms with van der Waals surface area (Å²) in [6, 6.07) is 12.7. The van der Waals surface area contributed by atoms with Crippen molar-refractivity contribution in [3.63, 3.8) is 0 Å². The first-order valence-electron chi connectivity index (χ1n) is 23.5. The lowest BCUT2D eigenvalue weighted by Gasteiger charge is -2.42. The minimum Gasteiger partial charge on any atom is -0.486 e. The van der Waals surface area contributed by atoms with Crippen molar-refractivity contribution in [2.24, 2.45) is 17.4 Å². The lowest BCUT2D eigenvalue weighted by Crippen LogP contribution is -2.70. The zero-order chi connectivity index (χ0) is 49.2. The predicted molar refractivity (Wildman–Crippen MR) is 248 cm³/mol. The Hall–Kier alpha value is -5.82. The molecule has 21 nitrogen and oxygen atoms in total. The summed E-state index contributed by atoms with van der Waals surface area (Å²) in [7, 11) is 0. The number of nitrogens with zero attached hydrogens (tertiary/aromatic N) is 1. The van der Waals surface area contributed by atoms with Crippen molar-refractivity contribution < 1.29 is 68.4 Å². The number of amides is 1. The molecule has 3 aromatic rings. The van der Waals surface area contributed by atoms with E-state index in [-0.39, 0.29) is 91.2 Å². The molecule has 13 N–H and O–H groups in total. The second kappa shape index (κ2) is 21.3. The second-order valence-electron chi connectivity index (χ2n) is 18.2. The van der Waals surface area contributed by atoms with Crippen molar-refractivity contribution >= 4 is 29.4 Å². The van der Waals surface area contributed by atoms with E-state index in [1.54, 1.807) is 18.2 Å². The summed E-state index contributed by atoms with van der Waals surface area (Å²) in [6.45, 7) is -0.756. The zero-order valence-corrected chi connectivity index (χ0v) is 38.2. The number of para-hydroxylation sites is 1. The van der Waals surface area contributed by atoms with Crippen LogP contribution in [0.25, 0.3) is 0 Å². The van der Waals surface area contributed by atoms with E-state index < -0.39 is 91.9 Å². The van der Waals surface area contributed by atoms with Gasteiger partial charge < -0.3 is 75.3 Å². The third-order valence-electron chi connectivity index (χ3n) is 13.7. The smallest absolute Gasteiger partial charge is 0.242 e. The maximum absolute atomic E-state index is 15.0. The molecule has 3 fully saturated rings. The van der Waals surface area contributed by atoms with Gasteiger partial charge in [-0.05, 0) is 72.2 Å². The third kappa shape index (κ3) is 9.66. The van der Waals surface area contributed by atoms with Crippen LogP contribution in [0.2, 0.25) is 0 Å². The molecule has 11 unspecified atom stereocenters. The topological polar surface area (TPSA) is 319 Å². The molecule has 1 amide bonds. The van der Waals surface area contributed by atoms with Crippen molar-refractivity contribution in [3.8, 4) is 11.5 Å². The van der Waals surface area contributed by atoms with Gasteiger partial charge in [-0.1, -0.05) is 30.3 Å². The number of rotatable bonds is 15. The highest BCUT2D eigenvalue weighted by Crippen LogP contribution is 2.52. The highest BCUT2D eigenvalue weighted by atomic mass is 16.7. The molecule has 9 rings (SSSR count). The van der Waals surface area contributed by atoms with Crippen molar-refractivity contribution in [2.45, 2.75) is 93.5 Å². The van der Waals surface area contributed by atoms with Gasteiger partial charge in [0.25, 0.3) is 0 Å². The molecule has 70 heavy (non-hydrogen) atoms. The highest BCUT2D eigenvalue weighted by Gasteiger charge is 2.50. The number of hydrogen-bond acceptors (Lipinski definition) is 20. The number of allylic oxidation sites excluding steroid dienone is 1. The number of hydrogen-bond donors (Lipinski definition) is 11. The fraction of sp³-hybridized carbons (Fsp3) is 0.469. The number of ketones is 2. The summed E-state index contributed by atoms with van der Waals surface area (Å²) in [5.41, 5.74) is 14.7. The fourth-order valence-corrected chi connectivity index (χ4v) is 10.2. The summed E-state index contributed by atoms with van der Waals surface area (Å²) >= 11 is 0. The van der Waals surface area contributed by atoms with Gasteiger partial charge in [-0.15, -0.1) is 0 Å². The number of fused-ring (bicyclic) bond motifs is 6. The predicted octanol–water partition coefficient (Wildman–Crippen LogP) is -1.21. The summed E-state index contributed by atoms with van der Waals surface area (Å²) in [6.07, 6.45) is -5.38. The first kappa shape index (κ1) is 49.2. The molecule has 5 aliphatic heterocycles. The molecule has 0 radical (unpaired) electrons. The Labute approximate surface area is 402 Å². The van der Waals surface area contributed by atoms with Gasteiger partial charge in [0.2, 0.25) is 12.2 Å². The Morgan fingerprint density at radius 1 is 0.986 bits per heavy atom. The van der Waals surface area contributed by atoms with Gasteiger partial charge in [0.05, 0.1) is 50.6 Å². The van der Waals surface area contributed by atoms with Crippen LogP contribution >= 0.6 is 0 Å². The lowest BCUT2D eigenvalue weighted by atomic mass is 9.74. The Balaban J connectivity index is 1.27. The Bertz CT molecular complexity index is 2540. The number of ether oxygens (including phenoxy) is 5. The number of carbonyl (C=O) groups is 4. The van der Waals surface area contributed by atoms with Gasteiger partial charge in [0.15, 0.2) is 23.1 Å². The first-order chi connectivity index (χ1) is 33.9. The number of dihydropyridines is 1. The molecule has 11 atom stereocenters. The minimum absolute atomic E-state index is 0.00464. The molecule has 0 spiro atoms. The third-order valence-corrected chi connectivity index (χ3v) is 13.7. The van der Waals surface area contributed by atoms with Crippen LogP contribution in [0.15, 0.2) is 72.1 Å². The maximum atomic E-state index is 15.0. The molecule has 21 heteroatoms. The van der Waals surface area contributed by atoms with Crippen LogP contribution in [0, 0.1) is 5.92 Å². The number of aldehydes is 1. The highest BCUT2D eigenvalue weighted by molar-refractivity contribution is 6.29. The number of benzene rings is 3.